The number of Topliss-reactive ketones (excluding diaryl/α,β-unsaturated/α-hetero) is 3. The Morgan fingerprint density at radius 2 is 1.56 bits per heavy atom. The number of benzene rings is 3. The predicted octanol–water partition coefficient (Wildman–Crippen LogP) is 3.42. The molecular weight excluding hydrogens is 729 g/mol. The summed E-state index contributed by atoms with van der Waals surface area (Å²) in [5.74, 6) is -4.63. The summed E-state index contributed by atoms with van der Waals surface area (Å²) in [5, 5.41) is 12.0. The molecule has 4 rings (SSSR count). The summed E-state index contributed by atoms with van der Waals surface area (Å²) in [6.07, 6.45) is -1.19. The lowest BCUT2D eigenvalue weighted by atomic mass is 9.87. The van der Waals surface area contributed by atoms with Gasteiger partial charge in [0.25, 0.3) is 0 Å². The van der Waals surface area contributed by atoms with Crippen LogP contribution in [0.4, 0.5) is 0 Å². The van der Waals surface area contributed by atoms with Crippen LogP contribution < -0.4 is 32.0 Å². The summed E-state index contributed by atoms with van der Waals surface area (Å²) < 4.78 is 12.1. The van der Waals surface area contributed by atoms with Gasteiger partial charge in [0.1, 0.15) is 30.8 Å². The molecule has 1 aliphatic rings. The topological polar surface area (TPSA) is 238 Å². The standard InChI is InChI=1S/C43H52N6O8/c1-25-7-10-31(26(2)18-25)36(51)23-30(24-40(47)53)43(55)49(4)41-29-9-12-39(57-17-15-46)33(22-29)32-20-28(8-11-38(32)56-16-14-45)21-34(35(50)6-5-13-44)48-42(54)27(3)19-37(41)52/h7-12,18,20,22,27,30,34,41H,5-6,14-17,19,21,23-24,45-46H2,1-4H3,(H2,47,53)(H,48,54)/t27-,30+,34+,41+/m1/s1. The molecule has 3 aromatic carbocycles. The number of nitrogens with one attached hydrogen (secondary N) is 1. The highest BCUT2D eigenvalue weighted by Gasteiger charge is 2.37. The summed E-state index contributed by atoms with van der Waals surface area (Å²) in [6, 6.07) is 15.2. The third-order valence-corrected chi connectivity index (χ3v) is 9.94. The van der Waals surface area contributed by atoms with E-state index >= 15 is 0 Å². The van der Waals surface area contributed by atoms with Crippen LogP contribution in [0.15, 0.2) is 54.6 Å². The fraction of sp³-hybridized carbons (Fsp3) is 0.419. The molecule has 14 nitrogen and oxygen atoms in total. The van der Waals surface area contributed by atoms with Crippen molar-refractivity contribution in [2.24, 2.45) is 29.0 Å². The molecule has 4 atom stereocenters. The largest absolute Gasteiger partial charge is 0.492 e. The molecule has 1 aliphatic heterocycles. The highest BCUT2D eigenvalue weighted by molar-refractivity contribution is 6.01. The van der Waals surface area contributed by atoms with E-state index in [0.717, 1.165) is 5.56 Å². The molecule has 0 radical (unpaired) electrons. The summed E-state index contributed by atoms with van der Waals surface area (Å²) in [7, 11) is 1.41. The Morgan fingerprint density at radius 3 is 2.18 bits per heavy atom. The van der Waals surface area contributed by atoms with Gasteiger partial charge in [-0.15, -0.1) is 0 Å². The summed E-state index contributed by atoms with van der Waals surface area (Å²) in [4.78, 5) is 83.2. The van der Waals surface area contributed by atoms with Crippen molar-refractivity contribution < 1.29 is 38.2 Å². The van der Waals surface area contributed by atoms with Crippen molar-refractivity contribution in [3.8, 4) is 28.7 Å². The molecule has 0 unspecified atom stereocenters. The van der Waals surface area contributed by atoms with Gasteiger partial charge in [-0.05, 0) is 61.2 Å². The van der Waals surface area contributed by atoms with Crippen LogP contribution in [0.25, 0.3) is 11.1 Å². The van der Waals surface area contributed by atoms with Crippen molar-refractivity contribution in [1.82, 2.24) is 10.2 Å². The molecule has 0 saturated heterocycles. The maximum absolute atomic E-state index is 14.5. The maximum Gasteiger partial charge on any atom is 0.227 e. The number of ketones is 3. The number of carbonyl (C=O) groups is 6. The minimum absolute atomic E-state index is 0.0417. The van der Waals surface area contributed by atoms with Crippen LogP contribution >= 0.6 is 0 Å². The molecule has 302 valence electrons. The van der Waals surface area contributed by atoms with Gasteiger partial charge in [0.15, 0.2) is 17.3 Å². The van der Waals surface area contributed by atoms with Crippen LogP contribution in [-0.2, 0) is 30.4 Å². The minimum Gasteiger partial charge on any atom is -0.492 e. The Bertz CT molecular complexity index is 2040. The Labute approximate surface area is 333 Å². The van der Waals surface area contributed by atoms with Gasteiger partial charge >= 0.3 is 0 Å². The van der Waals surface area contributed by atoms with Crippen LogP contribution in [-0.4, -0.2) is 79.4 Å². The van der Waals surface area contributed by atoms with Gasteiger partial charge in [-0.2, -0.15) is 5.26 Å². The molecule has 0 aromatic heterocycles. The van der Waals surface area contributed by atoms with Crippen LogP contribution in [0, 0.1) is 37.0 Å². The maximum atomic E-state index is 14.5. The predicted molar refractivity (Wildman–Crippen MR) is 213 cm³/mol. The van der Waals surface area contributed by atoms with E-state index in [1.807, 2.05) is 19.1 Å². The number of nitrogens with zero attached hydrogens (tertiary/aromatic N) is 2. The molecule has 0 spiro atoms. The fourth-order valence-electron chi connectivity index (χ4n) is 7.08. The number of carbonyl (C=O) groups excluding carboxylic acids is 6. The summed E-state index contributed by atoms with van der Waals surface area (Å²) in [5.41, 5.74) is 21.3. The first-order valence-corrected chi connectivity index (χ1v) is 19.0. The van der Waals surface area contributed by atoms with E-state index < -0.39 is 53.8 Å². The second-order valence-electron chi connectivity index (χ2n) is 14.5. The smallest absolute Gasteiger partial charge is 0.227 e. The number of rotatable bonds is 16. The number of hydrogen-bond donors (Lipinski definition) is 4. The van der Waals surface area contributed by atoms with Crippen LogP contribution in [0.5, 0.6) is 11.5 Å². The molecule has 0 aliphatic carbocycles. The van der Waals surface area contributed by atoms with E-state index in [0.29, 0.717) is 44.9 Å². The molecule has 4 bridgehead atoms. The van der Waals surface area contributed by atoms with Crippen molar-refractivity contribution in [2.45, 2.75) is 71.4 Å². The molecule has 57 heavy (non-hydrogen) atoms. The fourth-order valence-corrected chi connectivity index (χ4v) is 7.08. The van der Waals surface area contributed by atoms with Crippen molar-refractivity contribution in [1.29, 1.82) is 5.26 Å². The number of nitrogens with two attached hydrogens (primary N) is 3. The van der Waals surface area contributed by atoms with Crippen molar-refractivity contribution in [3.63, 3.8) is 0 Å². The number of ether oxygens (including phenoxy) is 2. The minimum atomic E-state index is -1.31. The van der Waals surface area contributed by atoms with Crippen molar-refractivity contribution in [2.75, 3.05) is 33.4 Å². The lowest BCUT2D eigenvalue weighted by Gasteiger charge is -2.32. The highest BCUT2D eigenvalue weighted by Crippen LogP contribution is 2.41. The number of nitriles is 1. The molecule has 3 aromatic rings. The van der Waals surface area contributed by atoms with E-state index in [1.165, 1.54) is 11.9 Å². The summed E-state index contributed by atoms with van der Waals surface area (Å²) in [6.45, 7) is 5.94. The van der Waals surface area contributed by atoms with Gasteiger partial charge in [-0.1, -0.05) is 42.8 Å². The SMILES string of the molecule is Cc1ccc(C(=O)C[C@@H](CC(N)=O)C(=O)N(C)[C@@H]2C(=O)C[C@@H](C)C(=O)N[C@H](C(=O)CCC#N)Cc3ccc(OCCN)c(c3)-c3cc2ccc3OCCN)c(C)c1. The molecular formula is C43H52N6O8. The van der Waals surface area contributed by atoms with Gasteiger partial charge in [-0.25, -0.2) is 0 Å². The molecule has 0 fully saturated rings. The first-order valence-electron chi connectivity index (χ1n) is 19.0. The van der Waals surface area contributed by atoms with Gasteiger partial charge in [0.2, 0.25) is 17.7 Å². The molecule has 1 heterocycles. The van der Waals surface area contributed by atoms with E-state index in [9.17, 15) is 34.0 Å². The van der Waals surface area contributed by atoms with Gasteiger partial charge in [-0.3, -0.25) is 28.8 Å². The second kappa shape index (κ2) is 20.3. The average Bonchev–Trinajstić information content (AvgIpc) is 3.17. The molecule has 3 amide bonds. The lowest BCUT2D eigenvalue weighted by molar-refractivity contribution is -0.143. The Balaban J connectivity index is 1.90. The second-order valence-corrected chi connectivity index (χ2v) is 14.5. The van der Waals surface area contributed by atoms with Gasteiger partial charge < -0.3 is 36.9 Å². The van der Waals surface area contributed by atoms with E-state index in [4.69, 9.17) is 26.7 Å². The third-order valence-electron chi connectivity index (χ3n) is 9.94. The van der Waals surface area contributed by atoms with Crippen molar-refractivity contribution in [3.05, 3.63) is 82.4 Å². The molecule has 0 saturated carbocycles. The number of amides is 3. The Hall–Kier alpha value is -5.91. The number of fused-ring (bicyclic) bond motifs is 5. The number of likely N-dealkylation sites (N-methyl/N-ethyl adjacent to an activating group) is 1. The Morgan fingerprint density at radius 1 is 0.912 bits per heavy atom. The number of aryl methyl sites for hydroxylation is 2. The molecule has 7 N–H and O–H groups in total. The lowest BCUT2D eigenvalue weighted by Crippen LogP contribution is -2.46. The third kappa shape index (κ3) is 11.3. The van der Waals surface area contributed by atoms with Crippen LogP contribution in [0.1, 0.15) is 77.7 Å². The van der Waals surface area contributed by atoms with E-state index in [-0.39, 0.29) is 70.0 Å². The first kappa shape index (κ1) is 43.8. The van der Waals surface area contributed by atoms with E-state index in [2.05, 4.69) is 5.32 Å². The number of hydrogen-bond acceptors (Lipinski definition) is 11. The normalized spacial score (nSPS) is 17.3. The van der Waals surface area contributed by atoms with Crippen LogP contribution in [0.3, 0.4) is 0 Å². The zero-order chi connectivity index (χ0) is 41.8. The average molecular weight is 781 g/mol. The zero-order valence-corrected chi connectivity index (χ0v) is 33.0. The zero-order valence-electron chi connectivity index (χ0n) is 33.0. The monoisotopic (exact) mass is 780 g/mol. The summed E-state index contributed by atoms with van der Waals surface area (Å²) >= 11 is 0. The first-order chi connectivity index (χ1) is 27.2. The Kier molecular flexibility index (Phi) is 15.6. The highest BCUT2D eigenvalue weighted by atomic mass is 16.5. The number of primary amides is 1. The quantitative estimate of drug-likeness (QED) is 0.154. The van der Waals surface area contributed by atoms with Gasteiger partial charge in [0.05, 0.1) is 18.0 Å². The molecule has 14 heteroatoms. The van der Waals surface area contributed by atoms with Crippen LogP contribution in [0.2, 0.25) is 0 Å². The van der Waals surface area contributed by atoms with Gasteiger partial charge in [0, 0.05) is 74.8 Å². The van der Waals surface area contributed by atoms with Crippen molar-refractivity contribution >= 4 is 35.1 Å². The van der Waals surface area contributed by atoms with E-state index in [1.54, 1.807) is 62.4 Å².